The molecule has 1 aliphatic heterocycles. The third kappa shape index (κ3) is 5.78. The first-order valence-corrected chi connectivity index (χ1v) is 15.6. The van der Waals surface area contributed by atoms with Crippen LogP contribution in [0.2, 0.25) is 0 Å². The molecule has 3 heterocycles. The van der Waals surface area contributed by atoms with E-state index in [1.165, 1.54) is 4.31 Å². The predicted octanol–water partition coefficient (Wildman–Crippen LogP) is 5.77. The van der Waals surface area contributed by atoms with Crippen LogP contribution in [0.4, 0.5) is 16.2 Å². The maximum atomic E-state index is 13.9. The van der Waals surface area contributed by atoms with Gasteiger partial charge in [0, 0.05) is 68.6 Å². The molecule has 1 aliphatic rings. The molecule has 0 radical (unpaired) electrons. The van der Waals surface area contributed by atoms with Gasteiger partial charge >= 0.3 is 6.09 Å². The van der Waals surface area contributed by atoms with Gasteiger partial charge in [-0.05, 0) is 68.1 Å². The molecule has 1 amide bonds. The molecule has 0 atom stereocenters. The van der Waals surface area contributed by atoms with Crippen LogP contribution in [0.3, 0.4) is 0 Å². The molecule has 3 aromatic carbocycles. The number of aryl methyl sites for hydroxylation is 1. The Morgan fingerprint density at radius 3 is 2.44 bits per heavy atom. The smallest absolute Gasteiger partial charge is 0.410 e. The number of fused-ring (bicyclic) bond motifs is 2. The molecule has 0 aliphatic carbocycles. The summed E-state index contributed by atoms with van der Waals surface area (Å²) >= 11 is 0. The van der Waals surface area contributed by atoms with Crippen LogP contribution >= 0.6 is 0 Å². The number of amides is 1. The van der Waals surface area contributed by atoms with Crippen molar-refractivity contribution in [2.24, 2.45) is 7.05 Å². The molecule has 2 aromatic heterocycles. The van der Waals surface area contributed by atoms with E-state index in [9.17, 15) is 13.2 Å². The summed E-state index contributed by atoms with van der Waals surface area (Å²) in [5, 5.41) is 4.49. The number of aromatic nitrogens is 3. The van der Waals surface area contributed by atoms with E-state index < -0.39 is 21.7 Å². The number of ether oxygens (including phenoxy) is 1. The quantitative estimate of drug-likeness (QED) is 0.273. The number of hydrogen-bond donors (Lipinski definition) is 1. The van der Waals surface area contributed by atoms with Gasteiger partial charge in [0.1, 0.15) is 10.5 Å². The van der Waals surface area contributed by atoms with Crippen molar-refractivity contribution in [1.29, 1.82) is 0 Å². The lowest BCUT2D eigenvalue weighted by Gasteiger charge is -2.35. The minimum Gasteiger partial charge on any atom is -0.444 e. The van der Waals surface area contributed by atoms with Crippen LogP contribution in [0, 0.1) is 0 Å². The van der Waals surface area contributed by atoms with Gasteiger partial charge in [0.25, 0.3) is 0 Å². The molecule has 43 heavy (non-hydrogen) atoms. The van der Waals surface area contributed by atoms with Gasteiger partial charge in [-0.1, -0.05) is 24.3 Å². The Labute approximate surface area is 251 Å². The average molecular weight is 599 g/mol. The molecule has 1 fully saturated rings. The van der Waals surface area contributed by atoms with Gasteiger partial charge < -0.3 is 19.5 Å². The Bertz CT molecular complexity index is 1940. The topological polar surface area (TPSA) is 110 Å². The fourth-order valence-corrected chi connectivity index (χ4v) is 6.89. The highest BCUT2D eigenvalue weighted by Crippen LogP contribution is 2.35. The fraction of sp³-hybridized carbons (Fsp3) is 0.281. The van der Waals surface area contributed by atoms with Gasteiger partial charge in [-0.2, -0.15) is 4.31 Å². The largest absolute Gasteiger partial charge is 0.444 e. The molecule has 1 N–H and O–H groups in total. The van der Waals surface area contributed by atoms with E-state index in [2.05, 4.69) is 44.1 Å². The van der Waals surface area contributed by atoms with Crippen molar-refractivity contribution in [2.75, 3.05) is 31.5 Å². The third-order valence-corrected chi connectivity index (χ3v) is 9.40. The second-order valence-electron chi connectivity index (χ2n) is 11.6. The van der Waals surface area contributed by atoms with Crippen molar-refractivity contribution in [1.82, 2.24) is 23.7 Å². The van der Waals surface area contributed by atoms with Gasteiger partial charge in [-0.15, -0.1) is 0 Å². The molecule has 0 saturated carbocycles. The van der Waals surface area contributed by atoms with E-state index in [0.717, 1.165) is 27.5 Å². The molecule has 0 unspecified atom stereocenters. The Balaban J connectivity index is 1.30. The number of carbonyl (C=O) groups is 1. The van der Waals surface area contributed by atoms with E-state index in [-0.39, 0.29) is 31.1 Å². The van der Waals surface area contributed by atoms with Crippen molar-refractivity contribution in [3.63, 3.8) is 0 Å². The zero-order valence-corrected chi connectivity index (χ0v) is 25.4. The Kier molecular flexibility index (Phi) is 7.31. The van der Waals surface area contributed by atoms with Crippen LogP contribution < -0.4 is 5.32 Å². The van der Waals surface area contributed by atoms with Crippen molar-refractivity contribution < 1.29 is 17.9 Å². The molecule has 6 rings (SSSR count). The van der Waals surface area contributed by atoms with Crippen molar-refractivity contribution in [3.8, 4) is 11.1 Å². The van der Waals surface area contributed by atoms with Gasteiger partial charge in [0.15, 0.2) is 0 Å². The van der Waals surface area contributed by atoms with Crippen LogP contribution in [-0.4, -0.2) is 70.0 Å². The second kappa shape index (κ2) is 11.0. The molecule has 11 heteroatoms. The second-order valence-corrected chi connectivity index (χ2v) is 13.5. The standard InChI is InChI=1S/C32H34N6O4S/c1-32(2,3)42-31(39)37-15-17-38(18-16-37)43(40,41)29-8-6-5-7-26(29)35-24-20-25(30-27(21-24)33-12-13-34-30)23-10-9-22-11-14-36(4)28(22)19-23/h5-14,19-21,35H,15-18H2,1-4H3. The minimum absolute atomic E-state index is 0.159. The zero-order chi connectivity index (χ0) is 30.4. The summed E-state index contributed by atoms with van der Waals surface area (Å²) < 4.78 is 36.7. The summed E-state index contributed by atoms with van der Waals surface area (Å²) in [4.78, 5) is 23.4. The van der Waals surface area contributed by atoms with Crippen LogP contribution in [0.5, 0.6) is 0 Å². The summed E-state index contributed by atoms with van der Waals surface area (Å²) in [6.07, 6.45) is 4.91. The van der Waals surface area contributed by atoms with E-state index in [1.807, 2.05) is 46.1 Å². The number of hydrogen-bond acceptors (Lipinski definition) is 7. The maximum absolute atomic E-state index is 13.9. The number of anilines is 2. The maximum Gasteiger partial charge on any atom is 0.410 e. The van der Waals surface area contributed by atoms with E-state index in [1.54, 1.807) is 41.6 Å². The lowest BCUT2D eigenvalue weighted by molar-refractivity contribution is 0.0192. The van der Waals surface area contributed by atoms with Crippen molar-refractivity contribution in [3.05, 3.63) is 79.3 Å². The molecule has 10 nitrogen and oxygen atoms in total. The van der Waals surface area contributed by atoms with Crippen LogP contribution in [0.1, 0.15) is 20.8 Å². The summed E-state index contributed by atoms with van der Waals surface area (Å²) in [7, 11) is -1.85. The minimum atomic E-state index is -3.86. The number of benzene rings is 3. The fourth-order valence-electron chi connectivity index (χ4n) is 5.32. The summed E-state index contributed by atoms with van der Waals surface area (Å²) in [5.41, 5.74) is 4.92. The third-order valence-electron chi connectivity index (χ3n) is 7.45. The van der Waals surface area contributed by atoms with E-state index in [0.29, 0.717) is 16.9 Å². The SMILES string of the molecule is Cn1ccc2ccc(-c3cc(Nc4ccccc4S(=O)(=O)N4CCN(C(=O)OC(C)(C)C)CC4)cc4nccnc34)cc21. The molecule has 0 spiro atoms. The summed E-state index contributed by atoms with van der Waals surface area (Å²) in [6.45, 7) is 6.28. The zero-order valence-electron chi connectivity index (χ0n) is 24.6. The molecule has 5 aromatic rings. The predicted molar refractivity (Wildman–Crippen MR) is 168 cm³/mol. The number of piperazine rings is 1. The number of rotatable bonds is 5. The van der Waals surface area contributed by atoms with Gasteiger partial charge in [0.05, 0.1) is 16.7 Å². The molecule has 0 bridgehead atoms. The van der Waals surface area contributed by atoms with Crippen LogP contribution in [-0.2, 0) is 21.8 Å². The molecular formula is C32H34N6O4S. The number of carbonyl (C=O) groups excluding carboxylic acids is 1. The van der Waals surface area contributed by atoms with E-state index in [4.69, 9.17) is 4.74 Å². The van der Waals surface area contributed by atoms with Crippen molar-refractivity contribution >= 4 is 49.4 Å². The number of sulfonamides is 1. The van der Waals surface area contributed by atoms with Gasteiger partial charge in [-0.3, -0.25) is 9.97 Å². The highest BCUT2D eigenvalue weighted by Gasteiger charge is 2.33. The summed E-state index contributed by atoms with van der Waals surface area (Å²) in [5.74, 6) is 0. The lowest BCUT2D eigenvalue weighted by atomic mass is 10.0. The molecule has 222 valence electrons. The Morgan fingerprint density at radius 2 is 1.67 bits per heavy atom. The summed E-state index contributed by atoms with van der Waals surface area (Å²) in [6, 6.07) is 19.0. The van der Waals surface area contributed by atoms with Crippen molar-refractivity contribution in [2.45, 2.75) is 31.3 Å². The Morgan fingerprint density at radius 1 is 0.930 bits per heavy atom. The van der Waals surface area contributed by atoms with Gasteiger partial charge in [0.2, 0.25) is 10.0 Å². The van der Waals surface area contributed by atoms with Gasteiger partial charge in [-0.25, -0.2) is 13.2 Å². The number of nitrogens with zero attached hydrogens (tertiary/aromatic N) is 5. The lowest BCUT2D eigenvalue weighted by Crippen LogP contribution is -2.51. The molecule has 1 saturated heterocycles. The normalized spacial score (nSPS) is 14.7. The molecular weight excluding hydrogens is 564 g/mol. The number of para-hydroxylation sites is 1. The first-order valence-electron chi connectivity index (χ1n) is 14.1. The Hall–Kier alpha value is -4.48. The highest BCUT2D eigenvalue weighted by atomic mass is 32.2. The number of nitrogens with one attached hydrogen (secondary N) is 1. The van der Waals surface area contributed by atoms with E-state index >= 15 is 0 Å². The highest BCUT2D eigenvalue weighted by molar-refractivity contribution is 7.89. The average Bonchev–Trinajstić information content (AvgIpc) is 3.36. The van der Waals surface area contributed by atoms with Crippen LogP contribution in [0.25, 0.3) is 33.1 Å². The van der Waals surface area contributed by atoms with Crippen LogP contribution in [0.15, 0.2) is 84.1 Å². The first-order chi connectivity index (χ1) is 20.5. The first kappa shape index (κ1) is 28.6. The monoisotopic (exact) mass is 598 g/mol.